The van der Waals surface area contributed by atoms with Crippen molar-refractivity contribution in [2.24, 2.45) is 12.5 Å². The Bertz CT molecular complexity index is 2670. The van der Waals surface area contributed by atoms with Gasteiger partial charge in [-0.25, -0.2) is 15.0 Å². The molecule has 6 N–H and O–H groups in total. The summed E-state index contributed by atoms with van der Waals surface area (Å²) in [6.07, 6.45) is -1.54. The number of hydrogen-bond donors (Lipinski definition) is 6. The van der Waals surface area contributed by atoms with E-state index < -0.39 is 65.9 Å². The lowest BCUT2D eigenvalue weighted by molar-refractivity contribution is -0.144. The minimum Gasteiger partial charge on any atom is -0.444 e. The van der Waals surface area contributed by atoms with Crippen LogP contribution in [0.2, 0.25) is 0 Å². The minimum absolute atomic E-state index is 0.0421. The van der Waals surface area contributed by atoms with Crippen molar-refractivity contribution in [1.82, 2.24) is 45.6 Å². The number of aryl methyl sites for hydroxylation is 2. The molecule has 4 aromatic heterocycles. The largest absolute Gasteiger partial charge is 0.444 e. The Balaban J connectivity index is 0.808. The lowest BCUT2D eigenvalue weighted by Gasteiger charge is -2.35. The Labute approximate surface area is 428 Å². The standard InChI is InChI=1S/C48H60F3N11O11S/c1-29-40(74-28-56-29)31-8-6-30(7-9-31)22-54-43(66)36-21-33(63)23-62(36)46(68)41(47(2,3)4)59-38(64)26-72-19-18-71-17-16-70-15-14-69-13-12-53-44(67)39-34(24-61(5)60-39)57-42(65)35-25-73-45(58-35)32-10-11-52-37(20-32)55-27-48(49,50)51/h6-11,20,24-25,28,33,36,41,63H,12-19,21-23,26-27H2,1-5H3,(H,52,55)(H,53,67)(H,54,66)(H,57,65)(H,59,64)/t33-,36+,41-/m1/s1. The first-order valence-electron chi connectivity index (χ1n) is 23.5. The summed E-state index contributed by atoms with van der Waals surface area (Å²) in [7, 11) is 1.56. The van der Waals surface area contributed by atoms with Crippen LogP contribution in [0, 0.1) is 12.3 Å². The maximum atomic E-state index is 13.9. The molecule has 1 aromatic carbocycles. The van der Waals surface area contributed by atoms with Crippen LogP contribution in [0.15, 0.2) is 65.0 Å². The van der Waals surface area contributed by atoms with Crippen LogP contribution in [0.1, 0.15) is 59.4 Å². The summed E-state index contributed by atoms with van der Waals surface area (Å²) in [5.74, 6) is -2.84. The summed E-state index contributed by atoms with van der Waals surface area (Å²) in [5, 5.41) is 27.7. The number of carbonyl (C=O) groups excluding carboxylic acids is 5. The third-order valence-corrected chi connectivity index (χ3v) is 12.1. The highest BCUT2D eigenvalue weighted by atomic mass is 32.1. The van der Waals surface area contributed by atoms with Crippen molar-refractivity contribution in [2.75, 3.05) is 83.1 Å². The highest BCUT2D eigenvalue weighted by Gasteiger charge is 2.44. The van der Waals surface area contributed by atoms with Gasteiger partial charge in [-0.1, -0.05) is 45.0 Å². The molecule has 74 heavy (non-hydrogen) atoms. The van der Waals surface area contributed by atoms with Crippen molar-refractivity contribution in [3.8, 4) is 21.9 Å². The van der Waals surface area contributed by atoms with Crippen molar-refractivity contribution in [3.05, 3.63) is 83.2 Å². The van der Waals surface area contributed by atoms with Crippen LogP contribution >= 0.6 is 11.3 Å². The molecule has 5 heterocycles. The van der Waals surface area contributed by atoms with E-state index in [4.69, 9.17) is 23.4 Å². The topological polar surface area (TPSA) is 276 Å². The predicted octanol–water partition coefficient (Wildman–Crippen LogP) is 3.73. The number of aliphatic hydroxyl groups excluding tert-OH is 1. The van der Waals surface area contributed by atoms with Gasteiger partial charge in [0.05, 0.1) is 74.1 Å². The van der Waals surface area contributed by atoms with Crippen LogP contribution in [0.5, 0.6) is 0 Å². The van der Waals surface area contributed by atoms with Gasteiger partial charge in [0.25, 0.3) is 11.8 Å². The normalized spacial score (nSPS) is 15.2. The highest BCUT2D eigenvalue weighted by molar-refractivity contribution is 7.13. The number of aromatic nitrogens is 5. The van der Waals surface area contributed by atoms with Gasteiger partial charge in [0, 0.05) is 51.1 Å². The molecule has 0 bridgehead atoms. The van der Waals surface area contributed by atoms with Gasteiger partial charge in [0.1, 0.15) is 37.3 Å². The number of oxazole rings is 1. The number of β-amino-alcohol motifs (C(OH)–C–C–N with tert-alkyl or cyclic N) is 1. The van der Waals surface area contributed by atoms with Gasteiger partial charge in [-0.05, 0) is 35.6 Å². The molecule has 5 amide bonds. The van der Waals surface area contributed by atoms with Gasteiger partial charge in [0.15, 0.2) is 11.4 Å². The number of halogens is 3. The maximum Gasteiger partial charge on any atom is 0.405 e. The first-order chi connectivity index (χ1) is 35.3. The molecular formula is C48H60F3N11O11S. The molecule has 0 unspecified atom stereocenters. The zero-order valence-corrected chi connectivity index (χ0v) is 42.3. The van der Waals surface area contributed by atoms with E-state index in [1.807, 2.05) is 31.2 Å². The molecule has 0 radical (unpaired) electrons. The quantitative estimate of drug-likeness (QED) is 0.0431. The number of amides is 5. The van der Waals surface area contributed by atoms with Gasteiger partial charge in [-0.2, -0.15) is 18.3 Å². The molecular weight excluding hydrogens is 996 g/mol. The first kappa shape index (κ1) is 56.5. The van der Waals surface area contributed by atoms with Crippen LogP contribution in [0.4, 0.5) is 24.7 Å². The van der Waals surface area contributed by atoms with E-state index in [0.717, 1.165) is 28.0 Å². The highest BCUT2D eigenvalue weighted by Crippen LogP contribution is 2.29. The van der Waals surface area contributed by atoms with E-state index in [-0.39, 0.29) is 113 Å². The van der Waals surface area contributed by atoms with Crippen LogP contribution in [0.3, 0.4) is 0 Å². The third-order valence-electron chi connectivity index (χ3n) is 11.1. The number of anilines is 2. The monoisotopic (exact) mass is 1060 g/mol. The summed E-state index contributed by atoms with van der Waals surface area (Å²) in [4.78, 5) is 80.9. The molecule has 1 fully saturated rings. The van der Waals surface area contributed by atoms with Crippen molar-refractivity contribution < 1.29 is 65.6 Å². The van der Waals surface area contributed by atoms with Crippen LogP contribution < -0.4 is 26.6 Å². The number of carbonyl (C=O) groups is 5. The summed E-state index contributed by atoms with van der Waals surface area (Å²) in [5.41, 5.74) is 4.02. The lowest BCUT2D eigenvalue weighted by atomic mass is 9.85. The molecule has 26 heteroatoms. The number of aliphatic hydroxyl groups is 1. The van der Waals surface area contributed by atoms with E-state index in [0.29, 0.717) is 0 Å². The van der Waals surface area contributed by atoms with Crippen molar-refractivity contribution >= 4 is 52.4 Å². The number of alkyl halides is 3. The minimum atomic E-state index is -4.45. The molecule has 5 aromatic rings. The predicted molar refractivity (Wildman–Crippen MR) is 263 cm³/mol. The molecule has 0 aliphatic carbocycles. The fraction of sp³-hybridized carbons (Fsp3) is 0.479. The fourth-order valence-corrected chi connectivity index (χ4v) is 8.24. The Hall–Kier alpha value is -6.84. The van der Waals surface area contributed by atoms with Crippen molar-refractivity contribution in [1.29, 1.82) is 0 Å². The van der Waals surface area contributed by atoms with E-state index in [1.165, 1.54) is 34.1 Å². The Kier molecular flexibility index (Phi) is 20.1. The Morgan fingerprint density at radius 1 is 0.905 bits per heavy atom. The second-order valence-electron chi connectivity index (χ2n) is 18.0. The van der Waals surface area contributed by atoms with Gasteiger partial charge in [0.2, 0.25) is 23.6 Å². The number of ether oxygens (including phenoxy) is 4. The van der Waals surface area contributed by atoms with E-state index >= 15 is 0 Å². The lowest BCUT2D eigenvalue weighted by Crippen LogP contribution is -2.58. The molecule has 3 atom stereocenters. The summed E-state index contributed by atoms with van der Waals surface area (Å²) >= 11 is 1.55. The SMILES string of the molecule is Cc1ncsc1-c1ccc(CNC(=O)[C@@H]2C[C@@H](O)CN2C(=O)[C@@H](NC(=O)COCCOCCOCCOCCNC(=O)c2nn(C)cc2NC(=O)c2coc(-c3ccnc(NCC(F)(F)F)c3)n2)C(C)(C)C)cc1. The number of rotatable bonds is 26. The molecule has 400 valence electrons. The molecule has 1 saturated heterocycles. The van der Waals surface area contributed by atoms with Crippen LogP contribution in [-0.4, -0.2) is 161 Å². The van der Waals surface area contributed by atoms with Crippen LogP contribution in [-0.2, 0) is 46.9 Å². The number of nitrogens with one attached hydrogen (secondary N) is 5. The number of likely N-dealkylation sites (tertiary alicyclic amines) is 1. The molecule has 0 spiro atoms. The number of hydrogen-bond acceptors (Lipinski definition) is 17. The zero-order chi connectivity index (χ0) is 53.4. The number of thiazole rings is 1. The number of benzene rings is 1. The molecule has 1 aliphatic rings. The molecule has 22 nitrogen and oxygen atoms in total. The van der Waals surface area contributed by atoms with Crippen molar-refractivity contribution in [3.63, 3.8) is 0 Å². The smallest absolute Gasteiger partial charge is 0.405 e. The van der Waals surface area contributed by atoms with Gasteiger partial charge >= 0.3 is 6.18 Å². The van der Waals surface area contributed by atoms with E-state index in [9.17, 15) is 42.3 Å². The zero-order valence-electron chi connectivity index (χ0n) is 41.5. The van der Waals surface area contributed by atoms with Gasteiger partial charge in [-0.3, -0.25) is 28.7 Å². The van der Waals surface area contributed by atoms with Crippen LogP contribution in [0.25, 0.3) is 21.9 Å². The first-order valence-corrected chi connectivity index (χ1v) is 24.4. The summed E-state index contributed by atoms with van der Waals surface area (Å²) in [6, 6.07) is 8.59. The summed E-state index contributed by atoms with van der Waals surface area (Å²) < 4.78 is 66.6. The fourth-order valence-electron chi connectivity index (χ4n) is 7.42. The third kappa shape index (κ3) is 16.9. The summed E-state index contributed by atoms with van der Waals surface area (Å²) in [6.45, 7) is 7.35. The molecule has 1 aliphatic heterocycles. The average molecular weight is 1060 g/mol. The molecule has 0 saturated carbocycles. The average Bonchev–Trinajstić information content (AvgIpc) is 4.19. The van der Waals surface area contributed by atoms with Gasteiger partial charge in [-0.15, -0.1) is 11.3 Å². The second-order valence-corrected chi connectivity index (χ2v) is 18.9. The van der Waals surface area contributed by atoms with E-state index in [1.54, 1.807) is 44.7 Å². The van der Waals surface area contributed by atoms with Crippen molar-refractivity contribution in [2.45, 2.75) is 65.0 Å². The maximum absolute atomic E-state index is 13.9. The van der Waals surface area contributed by atoms with Gasteiger partial charge < -0.3 is 60.0 Å². The Morgan fingerprint density at radius 3 is 2.26 bits per heavy atom. The Morgan fingerprint density at radius 2 is 1.59 bits per heavy atom. The molecule has 6 rings (SSSR count). The number of pyridine rings is 1. The second kappa shape index (κ2) is 26.4. The number of nitrogens with zero attached hydrogens (tertiary/aromatic N) is 6. The van der Waals surface area contributed by atoms with E-state index in [2.05, 4.69) is 46.6 Å².